The summed E-state index contributed by atoms with van der Waals surface area (Å²) in [7, 11) is 0. The van der Waals surface area contributed by atoms with E-state index in [0.717, 1.165) is 11.3 Å². The van der Waals surface area contributed by atoms with Crippen molar-refractivity contribution in [2.45, 2.75) is 33.4 Å². The molecule has 0 saturated heterocycles. The van der Waals surface area contributed by atoms with Gasteiger partial charge >= 0.3 is 0 Å². The van der Waals surface area contributed by atoms with Crippen LogP contribution in [0, 0.1) is 13.8 Å². The molecule has 134 valence electrons. The SMILES string of the molecule is Cc1ccc(Oc2cc(CNC(=O)C(C)n3ccnc3)ccn2)cc1C. The van der Waals surface area contributed by atoms with E-state index in [4.69, 9.17) is 4.74 Å². The van der Waals surface area contributed by atoms with Crippen LogP contribution in [0.25, 0.3) is 0 Å². The summed E-state index contributed by atoms with van der Waals surface area (Å²) in [5, 5.41) is 2.92. The maximum atomic E-state index is 12.3. The Morgan fingerprint density at radius 1 is 1.19 bits per heavy atom. The van der Waals surface area contributed by atoms with Crippen molar-refractivity contribution in [3.63, 3.8) is 0 Å². The van der Waals surface area contributed by atoms with Crippen LogP contribution in [-0.4, -0.2) is 20.4 Å². The fraction of sp³-hybridized carbons (Fsp3) is 0.250. The predicted octanol–water partition coefficient (Wildman–Crippen LogP) is 3.56. The van der Waals surface area contributed by atoms with E-state index in [1.54, 1.807) is 29.5 Å². The summed E-state index contributed by atoms with van der Waals surface area (Å²) in [5.74, 6) is 1.18. The summed E-state index contributed by atoms with van der Waals surface area (Å²) in [6.07, 6.45) is 6.73. The van der Waals surface area contributed by atoms with Crippen molar-refractivity contribution in [3.8, 4) is 11.6 Å². The third-order valence-electron chi connectivity index (χ3n) is 4.32. The number of nitrogens with zero attached hydrogens (tertiary/aromatic N) is 3. The Hall–Kier alpha value is -3.15. The monoisotopic (exact) mass is 350 g/mol. The molecule has 1 N–H and O–H groups in total. The van der Waals surface area contributed by atoms with Gasteiger partial charge in [0.1, 0.15) is 11.8 Å². The van der Waals surface area contributed by atoms with Crippen molar-refractivity contribution in [2.24, 2.45) is 0 Å². The van der Waals surface area contributed by atoms with E-state index >= 15 is 0 Å². The zero-order valence-electron chi connectivity index (χ0n) is 15.1. The zero-order valence-corrected chi connectivity index (χ0v) is 15.1. The van der Waals surface area contributed by atoms with Crippen LogP contribution >= 0.6 is 0 Å². The molecule has 0 radical (unpaired) electrons. The lowest BCUT2D eigenvalue weighted by Gasteiger charge is -2.13. The van der Waals surface area contributed by atoms with Crippen molar-refractivity contribution in [2.75, 3.05) is 0 Å². The van der Waals surface area contributed by atoms with Gasteiger partial charge in [-0.25, -0.2) is 9.97 Å². The van der Waals surface area contributed by atoms with E-state index in [0.29, 0.717) is 12.4 Å². The third kappa shape index (κ3) is 4.27. The smallest absolute Gasteiger partial charge is 0.243 e. The second-order valence-corrected chi connectivity index (χ2v) is 6.25. The second kappa shape index (κ2) is 7.82. The lowest BCUT2D eigenvalue weighted by molar-refractivity contribution is -0.124. The van der Waals surface area contributed by atoms with Crippen LogP contribution in [0.5, 0.6) is 11.6 Å². The van der Waals surface area contributed by atoms with Crippen LogP contribution in [0.2, 0.25) is 0 Å². The topological polar surface area (TPSA) is 69.0 Å². The Morgan fingerprint density at radius 3 is 2.77 bits per heavy atom. The number of aryl methyl sites for hydroxylation is 2. The van der Waals surface area contributed by atoms with Gasteiger partial charge in [-0.3, -0.25) is 4.79 Å². The third-order valence-corrected chi connectivity index (χ3v) is 4.32. The van der Waals surface area contributed by atoms with Gasteiger partial charge in [0.05, 0.1) is 6.33 Å². The molecule has 6 nitrogen and oxygen atoms in total. The van der Waals surface area contributed by atoms with Crippen molar-refractivity contribution < 1.29 is 9.53 Å². The number of pyridine rings is 1. The molecular formula is C20H22N4O2. The van der Waals surface area contributed by atoms with E-state index in [9.17, 15) is 4.79 Å². The number of rotatable bonds is 6. The van der Waals surface area contributed by atoms with Gasteiger partial charge in [-0.2, -0.15) is 0 Å². The van der Waals surface area contributed by atoms with Crippen molar-refractivity contribution in [1.82, 2.24) is 19.9 Å². The molecule has 1 aromatic carbocycles. The first-order valence-corrected chi connectivity index (χ1v) is 8.48. The van der Waals surface area contributed by atoms with Crippen molar-refractivity contribution >= 4 is 5.91 Å². The molecule has 1 atom stereocenters. The number of hydrogen-bond donors (Lipinski definition) is 1. The maximum absolute atomic E-state index is 12.3. The molecule has 0 aliphatic carbocycles. The van der Waals surface area contributed by atoms with Gasteiger partial charge in [-0.15, -0.1) is 0 Å². The maximum Gasteiger partial charge on any atom is 0.243 e. The number of nitrogens with one attached hydrogen (secondary N) is 1. The van der Waals surface area contributed by atoms with Crippen LogP contribution in [0.3, 0.4) is 0 Å². The molecule has 0 spiro atoms. The minimum absolute atomic E-state index is 0.0727. The number of imidazole rings is 1. The first-order valence-electron chi connectivity index (χ1n) is 8.48. The number of hydrogen-bond acceptors (Lipinski definition) is 4. The van der Waals surface area contributed by atoms with E-state index in [2.05, 4.69) is 22.2 Å². The number of carbonyl (C=O) groups is 1. The van der Waals surface area contributed by atoms with Gasteiger partial charge in [0.25, 0.3) is 0 Å². The summed E-state index contributed by atoms with van der Waals surface area (Å²) in [6, 6.07) is 9.30. The van der Waals surface area contributed by atoms with Gasteiger partial charge < -0.3 is 14.6 Å². The normalized spacial score (nSPS) is 11.8. The van der Waals surface area contributed by atoms with Crippen LogP contribution in [-0.2, 0) is 11.3 Å². The number of ether oxygens (including phenoxy) is 1. The molecule has 1 amide bonds. The van der Waals surface area contributed by atoms with E-state index < -0.39 is 0 Å². The lowest BCUT2D eigenvalue weighted by Crippen LogP contribution is -2.30. The van der Waals surface area contributed by atoms with E-state index in [-0.39, 0.29) is 11.9 Å². The number of aromatic nitrogens is 3. The average molecular weight is 350 g/mol. The Morgan fingerprint density at radius 2 is 2.04 bits per heavy atom. The summed E-state index contributed by atoms with van der Waals surface area (Å²) < 4.78 is 7.59. The van der Waals surface area contributed by atoms with Crippen LogP contribution in [0.15, 0.2) is 55.2 Å². The fourth-order valence-corrected chi connectivity index (χ4v) is 2.49. The average Bonchev–Trinajstić information content (AvgIpc) is 3.17. The highest BCUT2D eigenvalue weighted by Gasteiger charge is 2.13. The molecule has 0 bridgehead atoms. The quantitative estimate of drug-likeness (QED) is 0.738. The van der Waals surface area contributed by atoms with Gasteiger partial charge in [-0.05, 0) is 55.7 Å². The summed E-state index contributed by atoms with van der Waals surface area (Å²) in [6.45, 7) is 6.34. The van der Waals surface area contributed by atoms with Crippen LogP contribution in [0.4, 0.5) is 0 Å². The van der Waals surface area contributed by atoms with Gasteiger partial charge in [0, 0.05) is 31.2 Å². The predicted molar refractivity (Wildman–Crippen MR) is 99.0 cm³/mol. The van der Waals surface area contributed by atoms with Gasteiger partial charge in [0.15, 0.2) is 0 Å². The van der Waals surface area contributed by atoms with Crippen LogP contribution < -0.4 is 10.1 Å². The molecule has 0 fully saturated rings. The van der Waals surface area contributed by atoms with Crippen molar-refractivity contribution in [1.29, 1.82) is 0 Å². The number of benzene rings is 1. The summed E-state index contributed by atoms with van der Waals surface area (Å²) >= 11 is 0. The molecule has 3 rings (SSSR count). The fourth-order valence-electron chi connectivity index (χ4n) is 2.49. The largest absolute Gasteiger partial charge is 0.439 e. The highest BCUT2D eigenvalue weighted by molar-refractivity contribution is 5.79. The highest BCUT2D eigenvalue weighted by atomic mass is 16.5. The molecule has 3 aromatic rings. The number of amides is 1. The second-order valence-electron chi connectivity index (χ2n) is 6.25. The Balaban J connectivity index is 1.62. The molecule has 0 saturated carbocycles. The Bertz CT molecular complexity index is 891. The first-order chi connectivity index (χ1) is 12.5. The summed E-state index contributed by atoms with van der Waals surface area (Å²) in [5.41, 5.74) is 3.30. The minimum Gasteiger partial charge on any atom is -0.439 e. The molecule has 0 aliphatic heterocycles. The van der Waals surface area contributed by atoms with Gasteiger partial charge in [-0.1, -0.05) is 6.07 Å². The minimum atomic E-state index is -0.314. The standard InChI is InChI=1S/C20H22N4O2/c1-14-4-5-18(10-15(14)2)26-19-11-17(6-7-22-19)12-23-20(25)16(3)24-9-8-21-13-24/h4-11,13,16H,12H2,1-3H3,(H,23,25). The highest BCUT2D eigenvalue weighted by Crippen LogP contribution is 2.22. The summed E-state index contributed by atoms with van der Waals surface area (Å²) in [4.78, 5) is 20.5. The molecule has 26 heavy (non-hydrogen) atoms. The molecule has 2 heterocycles. The first kappa shape index (κ1) is 17.7. The van der Waals surface area contributed by atoms with Crippen molar-refractivity contribution in [3.05, 3.63) is 71.9 Å². The Kier molecular flexibility index (Phi) is 5.31. The molecule has 0 aliphatic rings. The van der Waals surface area contributed by atoms with E-state index in [1.807, 2.05) is 44.2 Å². The molecular weight excluding hydrogens is 328 g/mol. The molecule has 1 unspecified atom stereocenters. The van der Waals surface area contributed by atoms with E-state index in [1.165, 1.54) is 11.1 Å². The molecule has 6 heteroatoms. The lowest BCUT2D eigenvalue weighted by atomic mass is 10.1. The Labute approximate surface area is 152 Å². The molecule has 2 aromatic heterocycles. The van der Waals surface area contributed by atoms with Crippen LogP contribution in [0.1, 0.15) is 29.7 Å². The zero-order chi connectivity index (χ0) is 18.5. The number of carbonyl (C=O) groups excluding carboxylic acids is 1. The van der Waals surface area contributed by atoms with Gasteiger partial charge in [0.2, 0.25) is 11.8 Å².